The molecule has 3 aliphatic carbocycles. The number of nitrogens with one attached hydrogen (secondary N) is 1. The molecule has 1 nitrogen and oxygen atoms in total. The highest BCUT2D eigenvalue weighted by molar-refractivity contribution is 5.78. The summed E-state index contributed by atoms with van der Waals surface area (Å²) >= 11 is 0. The molecule has 2 aromatic carbocycles. The zero-order valence-corrected chi connectivity index (χ0v) is 12.3. The molecule has 106 valence electrons. The Kier molecular flexibility index (Phi) is 2.54. The van der Waals surface area contributed by atoms with E-state index in [0.29, 0.717) is 6.04 Å². The van der Waals surface area contributed by atoms with Crippen molar-refractivity contribution in [3.8, 4) is 11.1 Å². The Morgan fingerprint density at radius 3 is 2.00 bits per heavy atom. The number of rotatable bonds is 2. The lowest BCUT2D eigenvalue weighted by Gasteiger charge is -2.27. The van der Waals surface area contributed by atoms with Gasteiger partial charge in [0.2, 0.25) is 0 Å². The highest BCUT2D eigenvalue weighted by Crippen LogP contribution is 2.48. The van der Waals surface area contributed by atoms with Gasteiger partial charge in [-0.3, -0.25) is 0 Å². The van der Waals surface area contributed by atoms with Crippen molar-refractivity contribution in [1.82, 2.24) is 5.32 Å². The van der Waals surface area contributed by atoms with Crippen LogP contribution in [0.2, 0.25) is 0 Å². The fourth-order valence-corrected chi connectivity index (χ4v) is 5.00. The molecule has 3 aliphatic rings. The monoisotopic (exact) mass is 275 g/mol. The minimum atomic E-state index is 0.404. The van der Waals surface area contributed by atoms with Crippen LogP contribution in [0.25, 0.3) is 11.1 Å². The van der Waals surface area contributed by atoms with Crippen LogP contribution < -0.4 is 5.32 Å². The van der Waals surface area contributed by atoms with Crippen LogP contribution in [0.3, 0.4) is 0 Å². The summed E-state index contributed by atoms with van der Waals surface area (Å²) in [5, 5.41) is 4.02. The number of benzene rings is 2. The predicted octanol–water partition coefficient (Wildman–Crippen LogP) is 4.53. The Labute approximate surface area is 126 Å². The van der Waals surface area contributed by atoms with Crippen LogP contribution >= 0.6 is 0 Å². The zero-order chi connectivity index (χ0) is 13.8. The molecule has 0 radical (unpaired) electrons. The second-order valence-electron chi connectivity index (χ2n) is 7.06. The van der Waals surface area contributed by atoms with Crippen LogP contribution in [0.1, 0.15) is 42.9 Å². The van der Waals surface area contributed by atoms with Crippen LogP contribution in [-0.2, 0) is 0 Å². The SMILES string of the molecule is c1ccc2c(c1)-c1ccccc1C2NC1CC2CCC1C2. The van der Waals surface area contributed by atoms with Crippen molar-refractivity contribution in [2.45, 2.75) is 37.8 Å². The summed E-state index contributed by atoms with van der Waals surface area (Å²) in [5.41, 5.74) is 5.80. The molecule has 2 saturated carbocycles. The van der Waals surface area contributed by atoms with Gasteiger partial charge in [0.15, 0.2) is 0 Å². The fraction of sp³-hybridized carbons (Fsp3) is 0.400. The maximum atomic E-state index is 4.02. The first-order valence-corrected chi connectivity index (χ1v) is 8.34. The summed E-state index contributed by atoms with van der Waals surface area (Å²) < 4.78 is 0. The molecule has 1 N–H and O–H groups in total. The minimum Gasteiger partial charge on any atom is -0.303 e. The highest BCUT2D eigenvalue weighted by atomic mass is 15.0. The molecule has 3 atom stereocenters. The first kappa shape index (κ1) is 12.0. The van der Waals surface area contributed by atoms with E-state index in [0.717, 1.165) is 17.9 Å². The molecule has 21 heavy (non-hydrogen) atoms. The molecule has 3 unspecified atom stereocenters. The predicted molar refractivity (Wildman–Crippen MR) is 86.1 cm³/mol. The van der Waals surface area contributed by atoms with Gasteiger partial charge in [0, 0.05) is 6.04 Å². The van der Waals surface area contributed by atoms with E-state index in [2.05, 4.69) is 53.8 Å². The molecule has 5 rings (SSSR count). The molecular weight excluding hydrogens is 254 g/mol. The Hall–Kier alpha value is -1.60. The molecule has 2 fully saturated rings. The van der Waals surface area contributed by atoms with Gasteiger partial charge in [-0.25, -0.2) is 0 Å². The minimum absolute atomic E-state index is 0.404. The van der Waals surface area contributed by atoms with Crippen LogP contribution in [0.15, 0.2) is 48.5 Å². The summed E-state index contributed by atoms with van der Waals surface area (Å²) in [5.74, 6) is 1.93. The smallest absolute Gasteiger partial charge is 0.0591 e. The highest BCUT2D eigenvalue weighted by Gasteiger charge is 2.41. The van der Waals surface area contributed by atoms with E-state index in [9.17, 15) is 0 Å². The molecule has 0 heterocycles. The summed E-state index contributed by atoms with van der Waals surface area (Å²) in [4.78, 5) is 0. The van der Waals surface area contributed by atoms with E-state index in [1.807, 2.05) is 0 Å². The van der Waals surface area contributed by atoms with Gasteiger partial charge in [0.25, 0.3) is 0 Å². The molecule has 0 saturated heterocycles. The van der Waals surface area contributed by atoms with Crippen LogP contribution in [0, 0.1) is 11.8 Å². The molecule has 0 spiro atoms. The standard InChI is InChI=1S/C20H21N/c1-3-7-17-15(5-1)16-6-2-4-8-18(16)20(17)21-19-12-13-9-10-14(19)11-13/h1-8,13-14,19-21H,9-12H2. The van der Waals surface area contributed by atoms with E-state index in [-0.39, 0.29) is 0 Å². The normalized spacial score (nSPS) is 29.6. The van der Waals surface area contributed by atoms with E-state index in [4.69, 9.17) is 0 Å². The average molecular weight is 275 g/mol. The van der Waals surface area contributed by atoms with E-state index in [1.165, 1.54) is 47.9 Å². The zero-order valence-electron chi connectivity index (χ0n) is 12.3. The second kappa shape index (κ2) is 4.45. The molecule has 1 heteroatoms. The molecular formula is C20H21N. The molecule has 0 aromatic heterocycles. The number of hydrogen-bond donors (Lipinski definition) is 1. The molecule has 0 aliphatic heterocycles. The van der Waals surface area contributed by atoms with E-state index < -0.39 is 0 Å². The lowest BCUT2D eigenvalue weighted by Crippen LogP contribution is -2.36. The Bertz CT molecular complexity index is 644. The maximum Gasteiger partial charge on any atom is 0.0591 e. The Morgan fingerprint density at radius 1 is 0.762 bits per heavy atom. The topological polar surface area (TPSA) is 12.0 Å². The van der Waals surface area contributed by atoms with Gasteiger partial charge in [-0.2, -0.15) is 0 Å². The molecule has 2 aromatic rings. The number of hydrogen-bond acceptors (Lipinski definition) is 1. The van der Waals surface area contributed by atoms with Crippen LogP contribution in [0.4, 0.5) is 0 Å². The third-order valence-electron chi connectivity index (χ3n) is 5.95. The van der Waals surface area contributed by atoms with Crippen molar-refractivity contribution in [3.63, 3.8) is 0 Å². The number of fused-ring (bicyclic) bond motifs is 5. The lowest BCUT2D eigenvalue weighted by molar-refractivity contribution is 0.336. The van der Waals surface area contributed by atoms with Gasteiger partial charge in [0.05, 0.1) is 6.04 Å². The van der Waals surface area contributed by atoms with Crippen LogP contribution in [-0.4, -0.2) is 6.04 Å². The first-order chi connectivity index (χ1) is 10.4. The van der Waals surface area contributed by atoms with Gasteiger partial charge in [-0.1, -0.05) is 55.0 Å². The third kappa shape index (κ3) is 1.74. The summed E-state index contributed by atoms with van der Waals surface area (Å²) in [6, 6.07) is 19.0. The summed E-state index contributed by atoms with van der Waals surface area (Å²) in [7, 11) is 0. The maximum absolute atomic E-state index is 4.02. The third-order valence-corrected chi connectivity index (χ3v) is 5.95. The lowest BCUT2D eigenvalue weighted by atomic mass is 9.93. The van der Waals surface area contributed by atoms with Gasteiger partial charge in [-0.05, 0) is 53.4 Å². The summed E-state index contributed by atoms with van der Waals surface area (Å²) in [6.07, 6.45) is 5.78. The average Bonchev–Trinajstić information content (AvgIpc) is 3.22. The largest absolute Gasteiger partial charge is 0.303 e. The van der Waals surface area contributed by atoms with Crippen molar-refractivity contribution in [3.05, 3.63) is 59.7 Å². The van der Waals surface area contributed by atoms with Gasteiger partial charge in [-0.15, -0.1) is 0 Å². The van der Waals surface area contributed by atoms with Crippen molar-refractivity contribution in [2.75, 3.05) is 0 Å². The molecule has 2 bridgehead atoms. The van der Waals surface area contributed by atoms with Gasteiger partial charge < -0.3 is 5.32 Å². The van der Waals surface area contributed by atoms with Crippen LogP contribution in [0.5, 0.6) is 0 Å². The van der Waals surface area contributed by atoms with Crippen molar-refractivity contribution in [2.24, 2.45) is 11.8 Å². The Balaban J connectivity index is 1.54. The Morgan fingerprint density at radius 2 is 1.43 bits per heavy atom. The van der Waals surface area contributed by atoms with Gasteiger partial charge >= 0.3 is 0 Å². The summed E-state index contributed by atoms with van der Waals surface area (Å²) in [6.45, 7) is 0. The first-order valence-electron chi connectivity index (χ1n) is 8.34. The molecule has 0 amide bonds. The van der Waals surface area contributed by atoms with Crippen molar-refractivity contribution in [1.29, 1.82) is 0 Å². The van der Waals surface area contributed by atoms with E-state index in [1.54, 1.807) is 0 Å². The fourth-order valence-electron chi connectivity index (χ4n) is 5.00. The second-order valence-corrected chi connectivity index (χ2v) is 7.06. The quantitative estimate of drug-likeness (QED) is 0.848. The van der Waals surface area contributed by atoms with Crippen molar-refractivity contribution >= 4 is 0 Å². The van der Waals surface area contributed by atoms with E-state index >= 15 is 0 Å². The van der Waals surface area contributed by atoms with Crippen molar-refractivity contribution < 1.29 is 0 Å². The van der Waals surface area contributed by atoms with Gasteiger partial charge in [0.1, 0.15) is 0 Å².